The number of esters is 1. The molecule has 0 fully saturated rings. The normalized spacial score (nSPS) is 10.5. The molecular weight excluding hydrogens is 390 g/mol. The number of hydrogen-bond donors (Lipinski definition) is 0. The number of aromatic nitrogens is 1. The molecule has 0 aliphatic carbocycles. The monoisotopic (exact) mass is 403 g/mol. The second-order valence-corrected chi connectivity index (χ2v) is 6.53. The Hall–Kier alpha value is -3.70. The predicted octanol–water partition coefficient (Wildman–Crippen LogP) is 5.24. The van der Waals surface area contributed by atoms with E-state index in [1.807, 2.05) is 6.07 Å². The van der Waals surface area contributed by atoms with Crippen LogP contribution in [0.2, 0.25) is 5.02 Å². The number of hydrogen-bond acceptors (Lipinski definition) is 5. The molecule has 0 saturated heterocycles. The van der Waals surface area contributed by atoms with E-state index >= 15 is 0 Å². The van der Waals surface area contributed by atoms with E-state index in [0.717, 1.165) is 0 Å². The number of carbonyl (C=O) groups is 1. The summed E-state index contributed by atoms with van der Waals surface area (Å²) in [5, 5.41) is 0.434. The van der Waals surface area contributed by atoms with Crippen LogP contribution in [0.25, 0.3) is 22.7 Å². The molecular formula is C23H14ClNO4. The Labute approximate surface area is 171 Å². The van der Waals surface area contributed by atoms with Crippen LogP contribution in [0.1, 0.15) is 10.4 Å². The van der Waals surface area contributed by atoms with Crippen LogP contribution in [-0.4, -0.2) is 11.0 Å². The Morgan fingerprint density at radius 1 is 0.897 bits per heavy atom. The molecule has 1 heterocycles. The average molecular weight is 404 g/mol. The van der Waals surface area contributed by atoms with Gasteiger partial charge in [0.25, 0.3) is 0 Å². The van der Waals surface area contributed by atoms with E-state index < -0.39 is 11.6 Å². The lowest BCUT2D eigenvalue weighted by molar-refractivity contribution is 0.0735. The first-order chi connectivity index (χ1) is 14.1. The highest BCUT2D eigenvalue weighted by Gasteiger charge is 2.12. The summed E-state index contributed by atoms with van der Waals surface area (Å²) in [6.07, 6.45) is 0. The van der Waals surface area contributed by atoms with Crippen molar-refractivity contribution in [3.05, 3.63) is 106 Å². The Morgan fingerprint density at radius 2 is 1.59 bits per heavy atom. The van der Waals surface area contributed by atoms with Crippen molar-refractivity contribution in [2.24, 2.45) is 0 Å². The SMILES string of the molecule is O=C(Oc1ccc(-c2cc(=O)oc(-c3ccccc3Cl)n2)cc1)c1ccccc1. The van der Waals surface area contributed by atoms with Crippen LogP contribution in [0.3, 0.4) is 0 Å². The molecule has 0 aliphatic rings. The Kier molecular flexibility index (Phi) is 5.22. The summed E-state index contributed by atoms with van der Waals surface area (Å²) in [7, 11) is 0. The maximum atomic E-state index is 12.1. The Bertz CT molecular complexity index is 1220. The highest BCUT2D eigenvalue weighted by atomic mass is 35.5. The van der Waals surface area contributed by atoms with Gasteiger partial charge in [0.1, 0.15) is 5.75 Å². The van der Waals surface area contributed by atoms with E-state index in [0.29, 0.717) is 33.2 Å². The van der Waals surface area contributed by atoms with Gasteiger partial charge in [-0.05, 0) is 48.5 Å². The number of ether oxygens (including phenoxy) is 1. The van der Waals surface area contributed by atoms with Crippen molar-refractivity contribution in [2.75, 3.05) is 0 Å². The maximum Gasteiger partial charge on any atom is 0.343 e. The van der Waals surface area contributed by atoms with E-state index in [4.69, 9.17) is 20.8 Å². The summed E-state index contributed by atoms with van der Waals surface area (Å²) < 4.78 is 10.6. The highest BCUT2D eigenvalue weighted by molar-refractivity contribution is 6.33. The van der Waals surface area contributed by atoms with Gasteiger partial charge in [-0.2, -0.15) is 0 Å². The van der Waals surface area contributed by atoms with Gasteiger partial charge in [0.2, 0.25) is 5.89 Å². The molecule has 3 aromatic carbocycles. The molecule has 1 aromatic heterocycles. The van der Waals surface area contributed by atoms with E-state index in [1.165, 1.54) is 6.07 Å². The van der Waals surface area contributed by atoms with E-state index in [-0.39, 0.29) is 5.89 Å². The molecule has 0 radical (unpaired) electrons. The molecule has 5 nitrogen and oxygen atoms in total. The van der Waals surface area contributed by atoms with Crippen molar-refractivity contribution in [1.29, 1.82) is 0 Å². The number of halogens is 1. The van der Waals surface area contributed by atoms with Gasteiger partial charge in [0.05, 0.1) is 27.9 Å². The Morgan fingerprint density at radius 3 is 2.31 bits per heavy atom. The summed E-state index contributed by atoms with van der Waals surface area (Å²) in [5.74, 6) is 0.0763. The molecule has 0 unspecified atom stereocenters. The fourth-order valence-corrected chi connectivity index (χ4v) is 2.95. The first-order valence-electron chi connectivity index (χ1n) is 8.75. The molecule has 6 heteroatoms. The fourth-order valence-electron chi connectivity index (χ4n) is 2.73. The molecule has 29 heavy (non-hydrogen) atoms. The lowest BCUT2D eigenvalue weighted by Gasteiger charge is -2.07. The number of carbonyl (C=O) groups excluding carboxylic acids is 1. The van der Waals surface area contributed by atoms with Crippen molar-refractivity contribution >= 4 is 17.6 Å². The lowest BCUT2D eigenvalue weighted by Crippen LogP contribution is -2.08. The average Bonchev–Trinajstić information content (AvgIpc) is 2.75. The van der Waals surface area contributed by atoms with Gasteiger partial charge in [0.15, 0.2) is 0 Å². The predicted molar refractivity (Wildman–Crippen MR) is 110 cm³/mol. The summed E-state index contributed by atoms with van der Waals surface area (Å²) in [5.41, 5.74) is 1.55. The molecule has 0 N–H and O–H groups in total. The second kappa shape index (κ2) is 8.12. The van der Waals surface area contributed by atoms with Gasteiger partial charge in [-0.25, -0.2) is 14.6 Å². The standard InChI is InChI=1S/C23H14ClNO4/c24-19-9-5-4-8-18(19)22-25-20(14-21(26)29-22)15-10-12-17(13-11-15)28-23(27)16-6-2-1-3-7-16/h1-14H. The third-order valence-corrected chi connectivity index (χ3v) is 4.48. The van der Waals surface area contributed by atoms with Crippen LogP contribution in [0.4, 0.5) is 0 Å². The summed E-state index contributed by atoms with van der Waals surface area (Å²) in [6, 6.07) is 23.7. The lowest BCUT2D eigenvalue weighted by atomic mass is 10.1. The summed E-state index contributed by atoms with van der Waals surface area (Å²) >= 11 is 6.18. The van der Waals surface area contributed by atoms with Gasteiger partial charge in [0, 0.05) is 5.56 Å². The summed E-state index contributed by atoms with van der Waals surface area (Å²) in [6.45, 7) is 0. The number of benzene rings is 3. The molecule has 4 rings (SSSR count). The molecule has 0 aliphatic heterocycles. The molecule has 0 atom stereocenters. The van der Waals surface area contributed by atoms with Gasteiger partial charge < -0.3 is 9.15 Å². The molecule has 0 spiro atoms. The third kappa shape index (κ3) is 4.25. The van der Waals surface area contributed by atoms with Crippen molar-refractivity contribution in [1.82, 2.24) is 4.98 Å². The first kappa shape index (κ1) is 18.7. The number of nitrogens with zero attached hydrogens (tertiary/aromatic N) is 1. The zero-order valence-electron chi connectivity index (χ0n) is 15.0. The van der Waals surface area contributed by atoms with Crippen LogP contribution in [0.15, 0.2) is 94.1 Å². The molecule has 0 saturated carbocycles. The Balaban J connectivity index is 1.60. The smallest absolute Gasteiger partial charge is 0.343 e. The topological polar surface area (TPSA) is 69.4 Å². The van der Waals surface area contributed by atoms with Crippen LogP contribution in [0.5, 0.6) is 5.75 Å². The zero-order chi connectivity index (χ0) is 20.2. The number of rotatable bonds is 4. The van der Waals surface area contributed by atoms with Crippen LogP contribution >= 0.6 is 11.6 Å². The van der Waals surface area contributed by atoms with Gasteiger partial charge >= 0.3 is 11.6 Å². The molecule has 0 bridgehead atoms. The summed E-state index contributed by atoms with van der Waals surface area (Å²) in [4.78, 5) is 28.6. The van der Waals surface area contributed by atoms with Gasteiger partial charge in [-0.1, -0.05) is 41.9 Å². The molecule has 4 aromatic rings. The third-order valence-electron chi connectivity index (χ3n) is 4.15. The molecule has 0 amide bonds. The van der Waals surface area contributed by atoms with E-state index in [2.05, 4.69) is 4.98 Å². The van der Waals surface area contributed by atoms with Crippen LogP contribution in [0, 0.1) is 0 Å². The van der Waals surface area contributed by atoms with Crippen LogP contribution < -0.4 is 10.4 Å². The minimum Gasteiger partial charge on any atom is -0.423 e. The van der Waals surface area contributed by atoms with Crippen LogP contribution in [-0.2, 0) is 0 Å². The van der Waals surface area contributed by atoms with E-state index in [9.17, 15) is 9.59 Å². The fraction of sp³-hybridized carbons (Fsp3) is 0. The minimum atomic E-state index is -0.537. The zero-order valence-corrected chi connectivity index (χ0v) is 15.8. The minimum absolute atomic E-state index is 0.137. The van der Waals surface area contributed by atoms with Crippen molar-refractivity contribution in [3.63, 3.8) is 0 Å². The molecule has 142 valence electrons. The highest BCUT2D eigenvalue weighted by Crippen LogP contribution is 2.27. The van der Waals surface area contributed by atoms with Crippen molar-refractivity contribution < 1.29 is 13.9 Å². The quantitative estimate of drug-likeness (QED) is 0.344. The maximum absolute atomic E-state index is 12.1. The van der Waals surface area contributed by atoms with Crippen molar-refractivity contribution in [3.8, 4) is 28.5 Å². The van der Waals surface area contributed by atoms with Crippen molar-refractivity contribution in [2.45, 2.75) is 0 Å². The largest absolute Gasteiger partial charge is 0.423 e. The van der Waals surface area contributed by atoms with Gasteiger partial charge in [-0.3, -0.25) is 0 Å². The first-order valence-corrected chi connectivity index (χ1v) is 9.13. The van der Waals surface area contributed by atoms with E-state index in [1.54, 1.807) is 72.8 Å². The van der Waals surface area contributed by atoms with Gasteiger partial charge in [-0.15, -0.1) is 0 Å². The second-order valence-electron chi connectivity index (χ2n) is 6.13.